The lowest BCUT2D eigenvalue weighted by atomic mass is 10.2. The van der Waals surface area contributed by atoms with Gasteiger partial charge >= 0.3 is 0 Å². The number of hydrogen-bond donors (Lipinski definition) is 1. The van der Waals surface area contributed by atoms with E-state index in [-0.39, 0.29) is 5.82 Å². The summed E-state index contributed by atoms with van der Waals surface area (Å²) in [6.07, 6.45) is 1.57. The zero-order chi connectivity index (χ0) is 16.8. The quantitative estimate of drug-likeness (QED) is 0.754. The molecule has 5 nitrogen and oxygen atoms in total. The molecule has 3 rings (SSSR count). The molecule has 122 valence electrons. The van der Waals surface area contributed by atoms with Gasteiger partial charge in [-0.05, 0) is 23.3 Å². The van der Waals surface area contributed by atoms with Crippen molar-refractivity contribution >= 4 is 11.8 Å². The average molecular weight is 323 g/mol. The van der Waals surface area contributed by atoms with Crippen LogP contribution in [0.15, 0.2) is 60.8 Å². The Labute approximate surface area is 140 Å². The fourth-order valence-corrected chi connectivity index (χ4v) is 2.26. The summed E-state index contributed by atoms with van der Waals surface area (Å²) in [5.41, 5.74) is 2.14. The number of benzene rings is 2. The van der Waals surface area contributed by atoms with Gasteiger partial charge in [-0.1, -0.05) is 42.5 Å². The Bertz CT molecular complexity index is 777. The number of aromatic nitrogens is 3. The number of anilines is 2. The molecule has 0 unspecified atom stereocenters. The van der Waals surface area contributed by atoms with Crippen LogP contribution in [0.3, 0.4) is 0 Å². The predicted molar refractivity (Wildman–Crippen MR) is 92.1 cm³/mol. The standard InChI is InChI=1S/C18H18FN5/c1-24(13-15-5-3-2-4-6-15)18-22-17(12-21-23-18)20-11-14-7-9-16(19)10-8-14/h2-10,12H,11,13H2,1H3,(H,20,22,23). The summed E-state index contributed by atoms with van der Waals surface area (Å²) in [6.45, 7) is 1.24. The van der Waals surface area contributed by atoms with Gasteiger partial charge in [0.05, 0.1) is 6.20 Å². The summed E-state index contributed by atoms with van der Waals surface area (Å²) in [4.78, 5) is 6.40. The van der Waals surface area contributed by atoms with E-state index in [9.17, 15) is 4.39 Å². The van der Waals surface area contributed by atoms with Gasteiger partial charge in [0.1, 0.15) is 5.82 Å². The van der Waals surface area contributed by atoms with Gasteiger partial charge in [-0.25, -0.2) is 4.39 Å². The average Bonchev–Trinajstić information content (AvgIpc) is 2.62. The highest BCUT2D eigenvalue weighted by Crippen LogP contribution is 2.12. The maximum Gasteiger partial charge on any atom is 0.247 e. The third kappa shape index (κ3) is 4.25. The minimum absolute atomic E-state index is 0.243. The summed E-state index contributed by atoms with van der Waals surface area (Å²) in [7, 11) is 1.92. The zero-order valence-electron chi connectivity index (χ0n) is 13.4. The second kappa shape index (κ2) is 7.50. The lowest BCUT2D eigenvalue weighted by molar-refractivity contribution is 0.627. The molecule has 0 fully saturated rings. The Morgan fingerprint density at radius 3 is 2.50 bits per heavy atom. The van der Waals surface area contributed by atoms with Crippen LogP contribution in [-0.2, 0) is 13.1 Å². The molecule has 0 saturated carbocycles. The fraction of sp³-hybridized carbons (Fsp3) is 0.167. The normalized spacial score (nSPS) is 10.4. The number of nitrogens with one attached hydrogen (secondary N) is 1. The van der Waals surface area contributed by atoms with Gasteiger partial charge in [-0.3, -0.25) is 0 Å². The van der Waals surface area contributed by atoms with E-state index in [1.165, 1.54) is 17.7 Å². The lowest BCUT2D eigenvalue weighted by Gasteiger charge is -2.17. The highest BCUT2D eigenvalue weighted by molar-refractivity contribution is 5.39. The largest absolute Gasteiger partial charge is 0.365 e. The molecule has 0 saturated heterocycles. The molecule has 1 aromatic heterocycles. The minimum Gasteiger partial charge on any atom is -0.365 e. The molecule has 6 heteroatoms. The van der Waals surface area contributed by atoms with E-state index < -0.39 is 0 Å². The molecule has 0 radical (unpaired) electrons. The predicted octanol–water partition coefficient (Wildman–Crippen LogP) is 3.26. The van der Waals surface area contributed by atoms with Crippen LogP contribution in [0, 0.1) is 5.82 Å². The SMILES string of the molecule is CN(Cc1ccccc1)c1nncc(NCc2ccc(F)cc2)n1. The Morgan fingerprint density at radius 1 is 1.00 bits per heavy atom. The highest BCUT2D eigenvalue weighted by Gasteiger charge is 2.07. The van der Waals surface area contributed by atoms with Crippen molar-refractivity contribution in [3.63, 3.8) is 0 Å². The Morgan fingerprint density at radius 2 is 1.75 bits per heavy atom. The van der Waals surface area contributed by atoms with E-state index >= 15 is 0 Å². The molecule has 0 aliphatic heterocycles. The first kappa shape index (κ1) is 15.9. The van der Waals surface area contributed by atoms with E-state index in [1.807, 2.05) is 30.1 Å². The van der Waals surface area contributed by atoms with Gasteiger partial charge in [0.25, 0.3) is 0 Å². The van der Waals surface area contributed by atoms with Crippen LogP contribution in [0.2, 0.25) is 0 Å². The molecule has 3 aromatic rings. The Balaban J connectivity index is 1.64. The molecule has 0 atom stereocenters. The molecule has 24 heavy (non-hydrogen) atoms. The molecular formula is C18H18FN5. The molecular weight excluding hydrogens is 305 g/mol. The van der Waals surface area contributed by atoms with Crippen molar-refractivity contribution in [1.29, 1.82) is 0 Å². The Hall–Kier alpha value is -3.02. The van der Waals surface area contributed by atoms with Crippen molar-refractivity contribution in [2.75, 3.05) is 17.3 Å². The van der Waals surface area contributed by atoms with Crippen LogP contribution in [0.5, 0.6) is 0 Å². The summed E-state index contributed by atoms with van der Waals surface area (Å²) in [5, 5.41) is 11.3. The molecule has 2 aromatic carbocycles. The molecule has 0 aliphatic carbocycles. The van der Waals surface area contributed by atoms with Gasteiger partial charge in [-0.2, -0.15) is 10.1 Å². The van der Waals surface area contributed by atoms with Crippen LogP contribution >= 0.6 is 0 Å². The molecule has 0 bridgehead atoms. The van der Waals surface area contributed by atoms with Crippen molar-refractivity contribution < 1.29 is 4.39 Å². The first-order chi connectivity index (χ1) is 11.7. The van der Waals surface area contributed by atoms with Crippen molar-refractivity contribution in [1.82, 2.24) is 15.2 Å². The number of hydrogen-bond acceptors (Lipinski definition) is 5. The monoisotopic (exact) mass is 323 g/mol. The first-order valence-electron chi connectivity index (χ1n) is 7.64. The van der Waals surface area contributed by atoms with Crippen LogP contribution in [-0.4, -0.2) is 22.2 Å². The van der Waals surface area contributed by atoms with Crippen molar-refractivity contribution in [2.24, 2.45) is 0 Å². The van der Waals surface area contributed by atoms with Gasteiger partial charge in [0.2, 0.25) is 5.95 Å². The maximum absolute atomic E-state index is 12.9. The smallest absolute Gasteiger partial charge is 0.247 e. The number of nitrogens with zero attached hydrogens (tertiary/aromatic N) is 4. The van der Waals surface area contributed by atoms with E-state index in [0.717, 1.165) is 5.56 Å². The maximum atomic E-state index is 12.9. The fourth-order valence-electron chi connectivity index (χ4n) is 2.26. The second-order valence-electron chi connectivity index (χ2n) is 5.46. The molecule has 0 spiro atoms. The van der Waals surface area contributed by atoms with E-state index in [4.69, 9.17) is 0 Å². The number of rotatable bonds is 6. The van der Waals surface area contributed by atoms with Crippen LogP contribution in [0.1, 0.15) is 11.1 Å². The van der Waals surface area contributed by atoms with Gasteiger partial charge < -0.3 is 10.2 Å². The molecule has 1 heterocycles. The van der Waals surface area contributed by atoms with Crippen molar-refractivity contribution in [3.05, 3.63) is 77.7 Å². The summed E-state index contributed by atoms with van der Waals surface area (Å²) in [5.74, 6) is 0.930. The zero-order valence-corrected chi connectivity index (χ0v) is 13.4. The lowest BCUT2D eigenvalue weighted by Crippen LogP contribution is -2.20. The highest BCUT2D eigenvalue weighted by atomic mass is 19.1. The first-order valence-corrected chi connectivity index (χ1v) is 7.64. The van der Waals surface area contributed by atoms with Gasteiger partial charge in [0, 0.05) is 20.1 Å². The summed E-state index contributed by atoms with van der Waals surface area (Å²) >= 11 is 0. The van der Waals surface area contributed by atoms with Crippen LogP contribution in [0.25, 0.3) is 0 Å². The third-order valence-corrected chi connectivity index (χ3v) is 3.54. The van der Waals surface area contributed by atoms with Crippen molar-refractivity contribution in [3.8, 4) is 0 Å². The molecule has 0 aliphatic rings. The molecule has 1 N–H and O–H groups in total. The summed E-state index contributed by atoms with van der Waals surface area (Å²) < 4.78 is 12.9. The van der Waals surface area contributed by atoms with E-state index in [2.05, 4.69) is 32.6 Å². The summed E-state index contributed by atoms with van der Waals surface area (Å²) in [6, 6.07) is 16.5. The topological polar surface area (TPSA) is 53.9 Å². The van der Waals surface area contributed by atoms with Gasteiger partial charge in [-0.15, -0.1) is 5.10 Å². The van der Waals surface area contributed by atoms with E-state index in [0.29, 0.717) is 24.9 Å². The van der Waals surface area contributed by atoms with Gasteiger partial charge in [0.15, 0.2) is 5.82 Å². The molecule has 0 amide bonds. The third-order valence-electron chi connectivity index (χ3n) is 3.54. The van der Waals surface area contributed by atoms with Crippen molar-refractivity contribution in [2.45, 2.75) is 13.1 Å². The Kier molecular flexibility index (Phi) is 4.96. The van der Waals surface area contributed by atoms with E-state index in [1.54, 1.807) is 18.3 Å². The second-order valence-corrected chi connectivity index (χ2v) is 5.46. The van der Waals surface area contributed by atoms with Crippen LogP contribution in [0.4, 0.5) is 16.2 Å². The minimum atomic E-state index is -0.243. The number of halogens is 1. The van der Waals surface area contributed by atoms with Crippen LogP contribution < -0.4 is 10.2 Å².